The van der Waals surface area contributed by atoms with Crippen molar-refractivity contribution in [2.75, 3.05) is 13.7 Å². The van der Waals surface area contributed by atoms with E-state index in [0.29, 0.717) is 13.0 Å². The Bertz CT molecular complexity index is 526. The van der Waals surface area contributed by atoms with Gasteiger partial charge in [-0.1, -0.05) is 30.3 Å². The van der Waals surface area contributed by atoms with Crippen LogP contribution in [0.15, 0.2) is 30.3 Å². The minimum atomic E-state index is -0.755. The molecule has 118 valence electrons. The highest BCUT2D eigenvalue weighted by Crippen LogP contribution is 2.37. The monoisotopic (exact) mass is 304 g/mol. The second-order valence-electron chi connectivity index (χ2n) is 5.52. The quantitative estimate of drug-likeness (QED) is 0.857. The summed E-state index contributed by atoms with van der Waals surface area (Å²) in [5, 5.41) is 10.6. The van der Waals surface area contributed by atoms with Crippen molar-refractivity contribution >= 4 is 0 Å². The van der Waals surface area contributed by atoms with E-state index in [9.17, 15) is 5.11 Å². The van der Waals surface area contributed by atoms with E-state index in [1.54, 1.807) is 7.11 Å². The smallest absolute Gasteiger partial charge is 0.184 e. The molecule has 0 amide bonds. The summed E-state index contributed by atoms with van der Waals surface area (Å²) >= 11 is 0. The number of hydrogen-bond acceptors (Lipinski definition) is 5. The molecule has 0 spiro atoms. The predicted octanol–water partition coefficient (Wildman–Crippen LogP) is 1.47. The lowest BCUT2D eigenvalue weighted by Gasteiger charge is -2.47. The van der Waals surface area contributed by atoms with Gasteiger partial charge < -0.3 is 24.1 Å². The van der Waals surface area contributed by atoms with Crippen molar-refractivity contribution in [3.63, 3.8) is 0 Å². The van der Waals surface area contributed by atoms with Crippen LogP contribution < -0.4 is 0 Å². The summed E-state index contributed by atoms with van der Waals surface area (Å²) in [5.74, 6) is 2.25. The summed E-state index contributed by atoms with van der Waals surface area (Å²) in [6.45, 7) is 0.337. The number of fused-ring (bicyclic) bond motifs is 1. The highest BCUT2D eigenvalue weighted by atomic mass is 16.7. The molecule has 2 saturated heterocycles. The van der Waals surface area contributed by atoms with Gasteiger partial charge in [-0.25, -0.2) is 0 Å². The largest absolute Gasteiger partial charge is 0.390 e. The molecule has 0 unspecified atom stereocenters. The number of methoxy groups -OCH3 is 1. The van der Waals surface area contributed by atoms with Crippen LogP contribution in [0.2, 0.25) is 0 Å². The van der Waals surface area contributed by atoms with E-state index >= 15 is 0 Å². The van der Waals surface area contributed by atoms with Crippen LogP contribution in [0.3, 0.4) is 0 Å². The maximum Gasteiger partial charge on any atom is 0.184 e. The van der Waals surface area contributed by atoms with Gasteiger partial charge in [0.15, 0.2) is 12.6 Å². The Labute approximate surface area is 130 Å². The molecule has 5 nitrogen and oxygen atoms in total. The molecule has 2 fully saturated rings. The van der Waals surface area contributed by atoms with E-state index in [-0.39, 0.29) is 12.0 Å². The molecule has 0 aromatic heterocycles. The average molecular weight is 304 g/mol. The Morgan fingerprint density at radius 2 is 2.09 bits per heavy atom. The summed E-state index contributed by atoms with van der Waals surface area (Å²) in [5.41, 5.74) is 0.913. The fraction of sp³-hybridized carbons (Fsp3) is 0.529. The molecule has 2 heterocycles. The fourth-order valence-electron chi connectivity index (χ4n) is 3.01. The Kier molecular flexibility index (Phi) is 4.77. The normalized spacial score (nSPS) is 38.0. The van der Waals surface area contributed by atoms with Crippen LogP contribution in [-0.4, -0.2) is 43.4 Å². The first-order valence-electron chi connectivity index (χ1n) is 7.36. The molecule has 0 aliphatic carbocycles. The van der Waals surface area contributed by atoms with Gasteiger partial charge in [-0.15, -0.1) is 12.3 Å². The topological polar surface area (TPSA) is 57.2 Å². The second kappa shape index (κ2) is 6.78. The lowest BCUT2D eigenvalue weighted by atomic mass is 9.88. The van der Waals surface area contributed by atoms with Crippen molar-refractivity contribution in [3.8, 4) is 12.3 Å². The molecule has 1 aromatic rings. The first-order chi connectivity index (χ1) is 10.7. The molecule has 3 rings (SSSR count). The van der Waals surface area contributed by atoms with E-state index < -0.39 is 24.8 Å². The second-order valence-corrected chi connectivity index (χ2v) is 5.52. The third kappa shape index (κ3) is 2.89. The van der Waals surface area contributed by atoms with Crippen LogP contribution in [0.25, 0.3) is 0 Å². The number of aliphatic hydroxyl groups is 1. The Morgan fingerprint density at radius 1 is 1.32 bits per heavy atom. The summed E-state index contributed by atoms with van der Waals surface area (Å²) in [4.78, 5) is 0. The van der Waals surface area contributed by atoms with Gasteiger partial charge in [0.25, 0.3) is 0 Å². The Morgan fingerprint density at radius 3 is 2.77 bits per heavy atom. The highest BCUT2D eigenvalue weighted by molar-refractivity contribution is 5.16. The molecule has 2 aliphatic rings. The lowest BCUT2D eigenvalue weighted by Crippen LogP contribution is -2.59. The maximum absolute atomic E-state index is 10.6. The van der Waals surface area contributed by atoms with Crippen molar-refractivity contribution in [3.05, 3.63) is 35.9 Å². The van der Waals surface area contributed by atoms with Gasteiger partial charge in [-0.3, -0.25) is 0 Å². The van der Waals surface area contributed by atoms with E-state index in [1.807, 2.05) is 30.3 Å². The molecule has 0 bridgehead atoms. The molecule has 5 heteroatoms. The maximum atomic E-state index is 10.6. The highest BCUT2D eigenvalue weighted by Gasteiger charge is 2.49. The molecule has 1 N–H and O–H groups in total. The van der Waals surface area contributed by atoms with Gasteiger partial charge in [0.05, 0.1) is 12.7 Å². The van der Waals surface area contributed by atoms with E-state index in [0.717, 1.165) is 5.56 Å². The van der Waals surface area contributed by atoms with Crippen molar-refractivity contribution < 1.29 is 24.1 Å². The number of aliphatic hydroxyl groups excluding tert-OH is 1. The van der Waals surface area contributed by atoms with Gasteiger partial charge >= 0.3 is 0 Å². The van der Waals surface area contributed by atoms with E-state index in [2.05, 4.69) is 5.92 Å². The minimum absolute atomic E-state index is 0.314. The number of ether oxygens (including phenoxy) is 4. The van der Waals surface area contributed by atoms with Crippen molar-refractivity contribution in [1.82, 2.24) is 0 Å². The fourth-order valence-corrected chi connectivity index (χ4v) is 3.01. The van der Waals surface area contributed by atoms with Crippen LogP contribution in [0.4, 0.5) is 0 Å². The first-order valence-corrected chi connectivity index (χ1v) is 7.36. The van der Waals surface area contributed by atoms with Crippen LogP contribution >= 0.6 is 0 Å². The minimum Gasteiger partial charge on any atom is -0.390 e. The third-order valence-corrected chi connectivity index (χ3v) is 4.15. The number of benzene rings is 1. The summed E-state index contributed by atoms with van der Waals surface area (Å²) in [7, 11) is 1.54. The van der Waals surface area contributed by atoms with Gasteiger partial charge in [0, 0.05) is 25.0 Å². The number of hydrogen-bond donors (Lipinski definition) is 1. The average Bonchev–Trinajstić information content (AvgIpc) is 2.58. The van der Waals surface area contributed by atoms with Gasteiger partial charge in [0.1, 0.15) is 12.2 Å². The molecular formula is C17H20O5. The van der Waals surface area contributed by atoms with Crippen molar-refractivity contribution in [1.29, 1.82) is 0 Å². The summed E-state index contributed by atoms with van der Waals surface area (Å²) < 4.78 is 22.8. The first kappa shape index (κ1) is 15.5. The summed E-state index contributed by atoms with van der Waals surface area (Å²) in [6, 6.07) is 9.63. The zero-order valence-electron chi connectivity index (χ0n) is 12.4. The van der Waals surface area contributed by atoms with Crippen molar-refractivity contribution in [2.24, 2.45) is 5.92 Å². The van der Waals surface area contributed by atoms with Crippen LogP contribution in [-0.2, 0) is 18.9 Å². The molecular weight excluding hydrogens is 284 g/mol. The van der Waals surface area contributed by atoms with Crippen LogP contribution in [0.1, 0.15) is 18.3 Å². The van der Waals surface area contributed by atoms with E-state index in [1.165, 1.54) is 0 Å². The predicted molar refractivity (Wildman–Crippen MR) is 78.6 cm³/mol. The zero-order chi connectivity index (χ0) is 15.5. The molecule has 22 heavy (non-hydrogen) atoms. The van der Waals surface area contributed by atoms with Gasteiger partial charge in [-0.2, -0.15) is 0 Å². The molecule has 0 saturated carbocycles. The SMILES string of the molecule is C#CC[C@@H]1[C@@H](OC)O[C@@H]2CO[C@@H](c3ccccc3)O[C@H]2[C@H]1O. The van der Waals surface area contributed by atoms with Crippen molar-refractivity contribution in [2.45, 2.75) is 37.3 Å². The van der Waals surface area contributed by atoms with Gasteiger partial charge in [-0.05, 0) is 0 Å². The van der Waals surface area contributed by atoms with Crippen LogP contribution in [0, 0.1) is 18.3 Å². The molecule has 0 radical (unpaired) electrons. The lowest BCUT2D eigenvalue weighted by molar-refractivity contribution is -0.350. The summed E-state index contributed by atoms with van der Waals surface area (Å²) in [6.07, 6.45) is 3.09. The van der Waals surface area contributed by atoms with Gasteiger partial charge in [0.2, 0.25) is 0 Å². The molecule has 2 aliphatic heterocycles. The third-order valence-electron chi connectivity index (χ3n) is 4.15. The Balaban J connectivity index is 1.76. The van der Waals surface area contributed by atoms with E-state index in [4.69, 9.17) is 25.4 Å². The standard InChI is InChI=1S/C17H20O5/c1-3-7-12-14(18)15-13(21-17(12)19-2)10-20-16(22-15)11-8-5-4-6-9-11/h1,4-6,8-9,12-18H,7,10H2,2H3/t12-,13+,14-,15+,16+,17-/m0/s1. The molecule has 6 atom stereocenters. The number of terminal acetylenes is 1. The molecule has 1 aromatic carbocycles. The Hall–Kier alpha value is -1.42. The van der Waals surface area contributed by atoms with Crippen LogP contribution in [0.5, 0.6) is 0 Å². The zero-order valence-corrected chi connectivity index (χ0v) is 12.4. The number of rotatable bonds is 3.